The second kappa shape index (κ2) is 3.95. The zero-order valence-electron chi connectivity index (χ0n) is 7.89. The predicted octanol–water partition coefficient (Wildman–Crippen LogP) is 4.03. The van der Waals surface area contributed by atoms with Crippen LogP contribution in [0.4, 0.5) is 0 Å². The van der Waals surface area contributed by atoms with Gasteiger partial charge < -0.3 is 0 Å². The highest BCUT2D eigenvalue weighted by Gasteiger charge is 2.04. The molecule has 0 fully saturated rings. The molecule has 0 N–H and O–H groups in total. The maximum atomic E-state index is 5.92. The van der Waals surface area contributed by atoms with Gasteiger partial charge in [0.15, 0.2) is 0 Å². The molecule has 0 amide bonds. The van der Waals surface area contributed by atoms with Crippen molar-refractivity contribution in [3.05, 3.63) is 34.3 Å². The van der Waals surface area contributed by atoms with E-state index in [2.05, 4.69) is 32.9 Å². The summed E-state index contributed by atoms with van der Waals surface area (Å²) in [5, 5.41) is 0.843. The average Bonchev–Trinajstić information content (AvgIpc) is 2.04. The van der Waals surface area contributed by atoms with Crippen molar-refractivity contribution < 1.29 is 0 Å². The molecular weight excluding hydrogens is 168 g/mol. The van der Waals surface area contributed by atoms with Crippen molar-refractivity contribution >= 4 is 11.6 Å². The van der Waals surface area contributed by atoms with Crippen LogP contribution >= 0.6 is 11.6 Å². The van der Waals surface area contributed by atoms with Gasteiger partial charge in [0.25, 0.3) is 0 Å². The van der Waals surface area contributed by atoms with Gasteiger partial charge in [0.05, 0.1) is 0 Å². The fourth-order valence-corrected chi connectivity index (χ4v) is 1.61. The molecule has 0 saturated carbocycles. The van der Waals surface area contributed by atoms with Crippen molar-refractivity contribution in [1.29, 1.82) is 0 Å². The van der Waals surface area contributed by atoms with Gasteiger partial charge in [-0.1, -0.05) is 38.4 Å². The van der Waals surface area contributed by atoms with E-state index in [1.54, 1.807) is 0 Å². The number of benzene rings is 1. The van der Waals surface area contributed by atoms with Crippen molar-refractivity contribution in [3.63, 3.8) is 0 Å². The molecule has 66 valence electrons. The average molecular weight is 183 g/mol. The summed E-state index contributed by atoms with van der Waals surface area (Å²) in [5.74, 6) is 0.568. The van der Waals surface area contributed by atoms with Crippen LogP contribution in [0.2, 0.25) is 5.02 Å². The van der Waals surface area contributed by atoms with Crippen LogP contribution in [0.15, 0.2) is 18.2 Å². The Morgan fingerprint density at radius 1 is 1.33 bits per heavy atom. The molecule has 1 aromatic carbocycles. The van der Waals surface area contributed by atoms with Crippen molar-refractivity contribution in [1.82, 2.24) is 0 Å². The van der Waals surface area contributed by atoms with Gasteiger partial charge in [-0.05, 0) is 35.6 Å². The summed E-state index contributed by atoms with van der Waals surface area (Å²) in [6.45, 7) is 6.57. The van der Waals surface area contributed by atoms with Crippen molar-refractivity contribution in [2.24, 2.45) is 0 Å². The molecule has 0 unspecified atom stereocenters. The summed E-state index contributed by atoms with van der Waals surface area (Å²) in [7, 11) is 0. The molecule has 0 radical (unpaired) electrons. The lowest BCUT2D eigenvalue weighted by atomic mass is 9.96. The molecule has 12 heavy (non-hydrogen) atoms. The van der Waals surface area contributed by atoms with E-state index >= 15 is 0 Å². The van der Waals surface area contributed by atoms with Crippen molar-refractivity contribution in [2.45, 2.75) is 33.1 Å². The second-order valence-electron chi connectivity index (χ2n) is 3.35. The quantitative estimate of drug-likeness (QED) is 0.648. The van der Waals surface area contributed by atoms with Gasteiger partial charge in [-0.3, -0.25) is 0 Å². The number of hydrogen-bond acceptors (Lipinski definition) is 0. The molecule has 0 spiro atoms. The Morgan fingerprint density at radius 2 is 2.00 bits per heavy atom. The highest BCUT2D eigenvalue weighted by atomic mass is 35.5. The maximum Gasteiger partial charge on any atom is 0.0409 e. The first-order valence-corrected chi connectivity index (χ1v) is 4.81. The normalized spacial score (nSPS) is 10.8. The summed E-state index contributed by atoms with van der Waals surface area (Å²) in [6.07, 6.45) is 1.09. The van der Waals surface area contributed by atoms with Gasteiger partial charge in [-0.25, -0.2) is 0 Å². The molecule has 0 saturated heterocycles. The number of halogens is 1. The smallest absolute Gasteiger partial charge is 0.0409 e. The molecule has 1 heteroatoms. The maximum absolute atomic E-state index is 5.92. The lowest BCUT2D eigenvalue weighted by molar-refractivity contribution is 0.844. The Bertz CT molecular complexity index is 264. The summed E-state index contributed by atoms with van der Waals surface area (Å²) in [4.78, 5) is 0. The Hall–Kier alpha value is -0.490. The zero-order chi connectivity index (χ0) is 9.14. The van der Waals surface area contributed by atoms with E-state index in [-0.39, 0.29) is 0 Å². The van der Waals surface area contributed by atoms with Crippen LogP contribution in [-0.4, -0.2) is 0 Å². The summed E-state index contributed by atoms with van der Waals surface area (Å²) in [6, 6.07) is 6.16. The Balaban J connectivity index is 3.12. The Kier molecular flexibility index (Phi) is 3.16. The summed E-state index contributed by atoms with van der Waals surface area (Å²) in [5.41, 5.74) is 2.79. The van der Waals surface area contributed by atoms with Crippen molar-refractivity contribution in [2.75, 3.05) is 0 Å². The van der Waals surface area contributed by atoms with Crippen LogP contribution in [-0.2, 0) is 6.42 Å². The van der Waals surface area contributed by atoms with Gasteiger partial charge in [0.1, 0.15) is 0 Å². The standard InChI is InChI=1S/C11H15Cl/c1-4-9-5-6-10(12)7-11(9)8(2)3/h5-8H,4H2,1-3H3. The topological polar surface area (TPSA) is 0 Å². The lowest BCUT2D eigenvalue weighted by Crippen LogP contribution is -1.94. The minimum atomic E-state index is 0.568. The van der Waals surface area contributed by atoms with E-state index in [1.165, 1.54) is 11.1 Å². The minimum absolute atomic E-state index is 0.568. The molecule has 1 aromatic rings. The molecule has 0 aliphatic heterocycles. The van der Waals surface area contributed by atoms with E-state index in [4.69, 9.17) is 11.6 Å². The van der Waals surface area contributed by atoms with E-state index in [0.717, 1.165) is 11.4 Å². The number of rotatable bonds is 2. The third kappa shape index (κ3) is 2.01. The Morgan fingerprint density at radius 3 is 2.50 bits per heavy atom. The molecule has 0 heterocycles. The summed E-state index contributed by atoms with van der Waals surface area (Å²) < 4.78 is 0. The predicted molar refractivity (Wildman–Crippen MR) is 54.9 cm³/mol. The van der Waals surface area contributed by atoms with Crippen LogP contribution in [0.5, 0.6) is 0 Å². The van der Waals surface area contributed by atoms with Gasteiger partial charge >= 0.3 is 0 Å². The third-order valence-corrected chi connectivity index (χ3v) is 2.35. The number of aryl methyl sites for hydroxylation is 1. The number of hydrogen-bond donors (Lipinski definition) is 0. The van der Waals surface area contributed by atoms with Gasteiger partial charge in [-0.15, -0.1) is 0 Å². The SMILES string of the molecule is CCc1ccc(Cl)cc1C(C)C. The molecule has 0 atom stereocenters. The lowest BCUT2D eigenvalue weighted by Gasteiger charge is -2.11. The van der Waals surface area contributed by atoms with Crippen LogP contribution in [0.1, 0.15) is 37.8 Å². The van der Waals surface area contributed by atoms with E-state index in [0.29, 0.717) is 5.92 Å². The van der Waals surface area contributed by atoms with Crippen LogP contribution in [0.3, 0.4) is 0 Å². The first-order valence-electron chi connectivity index (χ1n) is 4.43. The van der Waals surface area contributed by atoms with Crippen LogP contribution < -0.4 is 0 Å². The Labute approximate surface area is 79.6 Å². The van der Waals surface area contributed by atoms with Gasteiger partial charge in [0.2, 0.25) is 0 Å². The first kappa shape index (κ1) is 9.60. The van der Waals surface area contributed by atoms with Crippen molar-refractivity contribution in [3.8, 4) is 0 Å². The monoisotopic (exact) mass is 182 g/mol. The van der Waals surface area contributed by atoms with Crippen LogP contribution in [0, 0.1) is 0 Å². The molecule has 1 rings (SSSR count). The van der Waals surface area contributed by atoms with E-state index < -0.39 is 0 Å². The van der Waals surface area contributed by atoms with Crippen LogP contribution in [0.25, 0.3) is 0 Å². The highest BCUT2D eigenvalue weighted by Crippen LogP contribution is 2.23. The van der Waals surface area contributed by atoms with E-state index in [1.807, 2.05) is 6.07 Å². The highest BCUT2D eigenvalue weighted by molar-refractivity contribution is 6.30. The molecule has 0 aliphatic rings. The molecule has 0 aliphatic carbocycles. The molecule has 0 nitrogen and oxygen atoms in total. The third-order valence-electron chi connectivity index (χ3n) is 2.11. The summed E-state index contributed by atoms with van der Waals surface area (Å²) >= 11 is 5.92. The molecular formula is C11H15Cl. The molecule has 0 bridgehead atoms. The largest absolute Gasteiger partial charge is 0.0843 e. The minimum Gasteiger partial charge on any atom is -0.0843 e. The second-order valence-corrected chi connectivity index (χ2v) is 3.79. The fraction of sp³-hybridized carbons (Fsp3) is 0.455. The van der Waals surface area contributed by atoms with Gasteiger partial charge in [-0.2, -0.15) is 0 Å². The van der Waals surface area contributed by atoms with E-state index in [9.17, 15) is 0 Å². The zero-order valence-corrected chi connectivity index (χ0v) is 8.65. The van der Waals surface area contributed by atoms with Gasteiger partial charge in [0, 0.05) is 5.02 Å². The first-order chi connectivity index (χ1) is 5.65. The fourth-order valence-electron chi connectivity index (χ4n) is 1.43. The molecule has 0 aromatic heterocycles.